The zero-order valence-corrected chi connectivity index (χ0v) is 19.7. The highest BCUT2D eigenvalue weighted by atomic mass is 35.5. The van der Waals surface area contributed by atoms with E-state index < -0.39 is 11.6 Å². The first kappa shape index (κ1) is 24.0. The molecule has 0 saturated carbocycles. The summed E-state index contributed by atoms with van der Waals surface area (Å²) < 4.78 is 39.9. The van der Waals surface area contributed by atoms with Gasteiger partial charge in [-0.1, -0.05) is 11.6 Å². The van der Waals surface area contributed by atoms with Crippen LogP contribution in [0.25, 0.3) is 16.6 Å². The van der Waals surface area contributed by atoms with Crippen molar-refractivity contribution in [1.82, 2.24) is 20.6 Å². The molecule has 1 aromatic carbocycles. The number of hydrogen-bond donors (Lipinski definition) is 4. The number of halogens is 3. The summed E-state index contributed by atoms with van der Waals surface area (Å²) in [5.41, 5.74) is 2.13. The van der Waals surface area contributed by atoms with Crippen molar-refractivity contribution in [3.8, 4) is 11.5 Å². The van der Waals surface area contributed by atoms with Crippen LogP contribution in [0.1, 0.15) is 29.5 Å². The molecule has 0 aliphatic carbocycles. The maximum atomic E-state index is 14.9. The van der Waals surface area contributed by atoms with E-state index in [1.165, 1.54) is 26.5 Å². The van der Waals surface area contributed by atoms with E-state index in [9.17, 15) is 8.78 Å². The minimum absolute atomic E-state index is 0.0545. The lowest BCUT2D eigenvalue weighted by Gasteiger charge is -2.25. The van der Waals surface area contributed by atoms with Crippen LogP contribution in [0.2, 0.25) is 0 Å². The SMILES string of the molecule is COc1cc(OC)c(F)c(Cc2c[nH]c3ncc(/C(C=N)=C(\Cl)NC4CCNCC4)cc23)c1F. The number of benzene rings is 1. The lowest BCUT2D eigenvalue weighted by Crippen LogP contribution is -2.39. The van der Waals surface area contributed by atoms with Gasteiger partial charge in [0, 0.05) is 59.2 Å². The summed E-state index contributed by atoms with van der Waals surface area (Å²) >= 11 is 6.55. The molecule has 0 spiro atoms. The van der Waals surface area contributed by atoms with E-state index >= 15 is 0 Å². The van der Waals surface area contributed by atoms with Crippen LogP contribution in [0.15, 0.2) is 29.7 Å². The second kappa shape index (κ2) is 10.4. The maximum Gasteiger partial charge on any atom is 0.171 e. The Hall–Kier alpha value is -3.17. The van der Waals surface area contributed by atoms with Gasteiger partial charge in [0.15, 0.2) is 23.1 Å². The Balaban J connectivity index is 1.71. The molecule has 3 aromatic rings. The number of methoxy groups -OCH3 is 2. The van der Waals surface area contributed by atoms with Gasteiger partial charge in [0.05, 0.1) is 14.2 Å². The average molecular weight is 490 g/mol. The first-order chi connectivity index (χ1) is 16.5. The molecule has 4 rings (SSSR count). The number of nitrogens with zero attached hydrogens (tertiary/aromatic N) is 1. The predicted octanol–water partition coefficient (Wildman–Crippen LogP) is 4.35. The third-order valence-electron chi connectivity index (χ3n) is 6.01. The van der Waals surface area contributed by atoms with Crippen LogP contribution in [0.4, 0.5) is 8.78 Å². The summed E-state index contributed by atoms with van der Waals surface area (Å²) in [6, 6.07) is 3.22. The Morgan fingerprint density at radius 1 is 1.21 bits per heavy atom. The third kappa shape index (κ3) is 4.71. The molecule has 0 unspecified atom stereocenters. The number of H-pyrrole nitrogens is 1. The van der Waals surface area contributed by atoms with E-state index in [0.29, 0.717) is 32.9 Å². The number of piperidine rings is 1. The number of fused-ring (bicyclic) bond motifs is 1. The molecule has 2 aromatic heterocycles. The van der Waals surface area contributed by atoms with Gasteiger partial charge < -0.3 is 30.5 Å². The summed E-state index contributed by atoms with van der Waals surface area (Å²) in [5.74, 6) is -1.77. The molecule has 1 aliphatic rings. The summed E-state index contributed by atoms with van der Waals surface area (Å²) in [6.07, 6.45) is 6.27. The third-order valence-corrected chi connectivity index (χ3v) is 6.32. The second-order valence-electron chi connectivity index (χ2n) is 8.04. The Morgan fingerprint density at radius 3 is 2.50 bits per heavy atom. The van der Waals surface area contributed by atoms with Gasteiger partial charge in [0.1, 0.15) is 10.8 Å². The highest BCUT2D eigenvalue weighted by Crippen LogP contribution is 2.34. The van der Waals surface area contributed by atoms with E-state index in [0.717, 1.165) is 25.9 Å². The van der Waals surface area contributed by atoms with Crippen molar-refractivity contribution in [2.75, 3.05) is 27.3 Å². The molecular weight excluding hydrogens is 464 g/mol. The minimum atomic E-state index is -0.784. The quantitative estimate of drug-likeness (QED) is 0.279. The van der Waals surface area contributed by atoms with Crippen LogP contribution in [0.3, 0.4) is 0 Å². The van der Waals surface area contributed by atoms with Crippen molar-refractivity contribution in [2.45, 2.75) is 25.3 Å². The molecule has 0 bridgehead atoms. The molecule has 4 N–H and O–H groups in total. The number of nitrogens with one attached hydrogen (secondary N) is 4. The number of rotatable bonds is 8. The molecule has 3 heterocycles. The zero-order valence-electron chi connectivity index (χ0n) is 18.9. The van der Waals surface area contributed by atoms with Gasteiger partial charge >= 0.3 is 0 Å². The van der Waals surface area contributed by atoms with Crippen molar-refractivity contribution in [3.63, 3.8) is 0 Å². The highest BCUT2D eigenvalue weighted by molar-refractivity contribution is 6.36. The Kier molecular flexibility index (Phi) is 7.33. The fraction of sp³-hybridized carbons (Fsp3) is 0.333. The molecule has 1 saturated heterocycles. The number of allylic oxidation sites excluding steroid dienone is 1. The lowest BCUT2D eigenvalue weighted by molar-refractivity contribution is 0.354. The van der Waals surface area contributed by atoms with Gasteiger partial charge in [0.25, 0.3) is 0 Å². The fourth-order valence-electron chi connectivity index (χ4n) is 4.13. The van der Waals surface area contributed by atoms with Crippen molar-refractivity contribution in [2.24, 2.45) is 0 Å². The van der Waals surface area contributed by atoms with Crippen LogP contribution in [0.5, 0.6) is 11.5 Å². The number of aromatic nitrogens is 2. The van der Waals surface area contributed by atoms with Crippen LogP contribution in [-0.2, 0) is 6.42 Å². The van der Waals surface area contributed by atoms with Gasteiger partial charge in [-0.05, 0) is 37.6 Å². The van der Waals surface area contributed by atoms with E-state index in [4.69, 9.17) is 26.5 Å². The smallest absolute Gasteiger partial charge is 0.171 e. The Bertz CT molecular complexity index is 1210. The topological polar surface area (TPSA) is 95.1 Å². The summed E-state index contributed by atoms with van der Waals surface area (Å²) in [7, 11) is 2.63. The van der Waals surface area contributed by atoms with Crippen LogP contribution in [-0.4, -0.2) is 49.5 Å². The fourth-order valence-corrected chi connectivity index (χ4v) is 4.45. The molecule has 10 heteroatoms. The van der Waals surface area contributed by atoms with Crippen LogP contribution < -0.4 is 20.1 Å². The molecule has 1 fully saturated rings. The van der Waals surface area contributed by atoms with E-state index in [1.807, 2.05) is 6.07 Å². The second-order valence-corrected chi connectivity index (χ2v) is 8.42. The lowest BCUT2D eigenvalue weighted by atomic mass is 10.0. The van der Waals surface area contributed by atoms with Crippen molar-refractivity contribution in [3.05, 3.63) is 58.0 Å². The Morgan fingerprint density at radius 2 is 1.88 bits per heavy atom. The molecule has 180 valence electrons. The van der Waals surface area contributed by atoms with E-state index in [1.54, 1.807) is 12.4 Å². The standard InChI is InChI=1S/C24H26ClF2N5O2/c1-33-19-9-20(34-2)22(27)17(21(19)26)8-13-11-30-24-16(13)7-14(12-31-24)18(10-28)23(25)32-15-3-5-29-6-4-15/h7,9-12,15,28-29,32H,3-6,8H2,1-2H3,(H,30,31)/b23-18+,28-10?. The van der Waals surface area contributed by atoms with Crippen LogP contribution >= 0.6 is 11.6 Å². The Labute approximate surface area is 201 Å². The minimum Gasteiger partial charge on any atom is -0.494 e. The summed E-state index contributed by atoms with van der Waals surface area (Å²) in [4.78, 5) is 7.46. The number of aromatic amines is 1. The molecule has 0 atom stereocenters. The van der Waals surface area contributed by atoms with E-state index in [2.05, 4.69) is 20.6 Å². The van der Waals surface area contributed by atoms with Gasteiger partial charge in [-0.25, -0.2) is 13.8 Å². The monoisotopic (exact) mass is 489 g/mol. The molecule has 0 amide bonds. The molecular formula is C24H26ClF2N5O2. The van der Waals surface area contributed by atoms with Gasteiger partial charge in [-0.15, -0.1) is 0 Å². The largest absolute Gasteiger partial charge is 0.494 e. The van der Waals surface area contributed by atoms with E-state index in [-0.39, 0.29) is 29.5 Å². The molecule has 0 radical (unpaired) electrons. The number of pyridine rings is 1. The maximum absolute atomic E-state index is 14.9. The van der Waals surface area contributed by atoms with Crippen LogP contribution in [0, 0.1) is 17.0 Å². The van der Waals surface area contributed by atoms with Gasteiger partial charge in [-0.2, -0.15) is 0 Å². The average Bonchev–Trinajstić information content (AvgIpc) is 3.25. The molecule has 1 aliphatic heterocycles. The van der Waals surface area contributed by atoms with Gasteiger partial charge in [-0.3, -0.25) is 0 Å². The van der Waals surface area contributed by atoms with Gasteiger partial charge in [0.2, 0.25) is 0 Å². The normalized spacial score (nSPS) is 15.2. The first-order valence-electron chi connectivity index (χ1n) is 10.9. The summed E-state index contributed by atoms with van der Waals surface area (Å²) in [5, 5.41) is 15.6. The van der Waals surface area contributed by atoms with Crippen molar-refractivity contribution < 1.29 is 18.3 Å². The zero-order chi connectivity index (χ0) is 24.2. The summed E-state index contributed by atoms with van der Waals surface area (Å²) in [6.45, 7) is 1.81. The van der Waals surface area contributed by atoms with Crippen molar-refractivity contribution >= 4 is 34.4 Å². The highest BCUT2D eigenvalue weighted by Gasteiger charge is 2.22. The first-order valence-corrected chi connectivity index (χ1v) is 11.3. The molecule has 34 heavy (non-hydrogen) atoms. The number of hydrogen-bond acceptors (Lipinski definition) is 6. The van der Waals surface area contributed by atoms with Crippen molar-refractivity contribution in [1.29, 1.82) is 5.41 Å². The number of ether oxygens (including phenoxy) is 2. The molecule has 7 nitrogen and oxygen atoms in total. The predicted molar refractivity (Wildman–Crippen MR) is 129 cm³/mol.